The zero-order chi connectivity index (χ0) is 15.6. The average Bonchev–Trinajstić information content (AvgIpc) is 2.27. The van der Waals surface area contributed by atoms with Gasteiger partial charge < -0.3 is 10.1 Å². The van der Waals surface area contributed by atoms with Gasteiger partial charge in [-0.25, -0.2) is 0 Å². The number of hydrogen-bond donors (Lipinski definition) is 1. The lowest BCUT2D eigenvalue weighted by Gasteiger charge is -2.13. The van der Waals surface area contributed by atoms with Gasteiger partial charge in [0.1, 0.15) is 5.75 Å². The van der Waals surface area contributed by atoms with Crippen molar-refractivity contribution in [2.75, 3.05) is 5.32 Å². The average molecular weight is 301 g/mol. The number of rotatable bonds is 4. The van der Waals surface area contributed by atoms with E-state index in [0.29, 0.717) is 12.1 Å². The summed E-state index contributed by atoms with van der Waals surface area (Å²) < 4.78 is 76.2. The lowest BCUT2D eigenvalue weighted by atomic mass is 10.1. The van der Waals surface area contributed by atoms with Crippen molar-refractivity contribution >= 4 is 17.9 Å². The van der Waals surface area contributed by atoms with E-state index in [4.69, 9.17) is 0 Å². The molecule has 0 aliphatic rings. The number of nitrogens with one attached hydrogen (secondary N) is 1. The Labute approximate surface area is 107 Å². The zero-order valence-electron chi connectivity index (χ0n) is 9.30. The van der Waals surface area contributed by atoms with Crippen LogP contribution in [0.2, 0.25) is 0 Å². The predicted molar refractivity (Wildman–Crippen MR) is 53.2 cm³/mol. The number of ether oxygens (including phenoxy) is 1. The molecule has 0 spiro atoms. The molecule has 0 aliphatic heterocycles. The molecule has 4 nitrogen and oxygen atoms in total. The normalized spacial score (nSPS) is 11.9. The number of halogens is 6. The SMILES string of the molecule is O=CNc1ccc(OC(F)(F)F)cc1C(=O)C(F)(F)F. The van der Waals surface area contributed by atoms with Crippen molar-refractivity contribution in [3.63, 3.8) is 0 Å². The zero-order valence-corrected chi connectivity index (χ0v) is 9.30. The van der Waals surface area contributed by atoms with E-state index in [1.54, 1.807) is 5.32 Å². The molecule has 0 saturated carbocycles. The molecule has 20 heavy (non-hydrogen) atoms. The van der Waals surface area contributed by atoms with Crippen molar-refractivity contribution in [1.29, 1.82) is 0 Å². The molecule has 0 radical (unpaired) electrons. The number of carbonyl (C=O) groups excluding carboxylic acids is 2. The largest absolute Gasteiger partial charge is 0.573 e. The second kappa shape index (κ2) is 5.39. The quantitative estimate of drug-likeness (QED) is 0.528. The highest BCUT2D eigenvalue weighted by atomic mass is 19.4. The third kappa shape index (κ3) is 4.14. The third-order valence-corrected chi connectivity index (χ3v) is 1.94. The number of anilines is 1. The van der Waals surface area contributed by atoms with Crippen LogP contribution in [0.25, 0.3) is 0 Å². The van der Waals surface area contributed by atoms with Gasteiger partial charge in [0.25, 0.3) is 5.78 Å². The molecule has 110 valence electrons. The molecule has 0 saturated heterocycles. The first-order valence-corrected chi connectivity index (χ1v) is 4.76. The van der Waals surface area contributed by atoms with E-state index in [-0.39, 0.29) is 12.5 Å². The van der Waals surface area contributed by atoms with Gasteiger partial charge in [0, 0.05) is 0 Å². The summed E-state index contributed by atoms with van der Waals surface area (Å²) in [6.07, 6.45) is -10.5. The Morgan fingerprint density at radius 2 is 1.75 bits per heavy atom. The van der Waals surface area contributed by atoms with Crippen LogP contribution in [0.1, 0.15) is 10.4 Å². The Bertz CT molecular complexity index is 523. The fourth-order valence-corrected chi connectivity index (χ4v) is 1.25. The molecule has 0 aromatic heterocycles. The van der Waals surface area contributed by atoms with Crippen LogP contribution in [0.4, 0.5) is 32.0 Å². The van der Waals surface area contributed by atoms with Crippen molar-refractivity contribution < 1.29 is 40.7 Å². The lowest BCUT2D eigenvalue weighted by molar-refractivity contribution is -0.274. The minimum absolute atomic E-state index is 0.0211. The number of ketones is 1. The van der Waals surface area contributed by atoms with Crippen LogP contribution in [-0.4, -0.2) is 24.7 Å². The summed E-state index contributed by atoms with van der Waals surface area (Å²) in [7, 11) is 0. The summed E-state index contributed by atoms with van der Waals surface area (Å²) in [6.45, 7) is 0. The van der Waals surface area contributed by atoms with Crippen LogP contribution in [0, 0.1) is 0 Å². The van der Waals surface area contributed by atoms with Crippen molar-refractivity contribution in [3.05, 3.63) is 23.8 Å². The third-order valence-electron chi connectivity index (χ3n) is 1.94. The molecule has 1 rings (SSSR count). The summed E-state index contributed by atoms with van der Waals surface area (Å²) in [6, 6.07) is 1.59. The van der Waals surface area contributed by atoms with Gasteiger partial charge in [-0.15, -0.1) is 13.2 Å². The standard InChI is InChI=1S/C10H5F6NO3/c11-9(12,13)8(19)6-3-5(20-10(14,15)16)1-2-7(6)17-4-18/h1-4H,(H,17,18). The molecule has 1 aromatic rings. The van der Waals surface area contributed by atoms with Gasteiger partial charge in [-0.2, -0.15) is 13.2 Å². The maximum Gasteiger partial charge on any atom is 0.573 e. The summed E-state index contributed by atoms with van der Waals surface area (Å²) in [4.78, 5) is 21.3. The number of amides is 1. The molecule has 0 aliphatic carbocycles. The Morgan fingerprint density at radius 1 is 1.15 bits per heavy atom. The first-order valence-electron chi connectivity index (χ1n) is 4.76. The molecule has 0 heterocycles. The van der Waals surface area contributed by atoms with Gasteiger partial charge in [0.15, 0.2) is 0 Å². The lowest BCUT2D eigenvalue weighted by Crippen LogP contribution is -2.24. The van der Waals surface area contributed by atoms with Gasteiger partial charge in [-0.05, 0) is 18.2 Å². The number of benzene rings is 1. The Kier molecular flexibility index (Phi) is 4.26. The van der Waals surface area contributed by atoms with Crippen LogP contribution in [0.3, 0.4) is 0 Å². The van der Waals surface area contributed by atoms with E-state index in [0.717, 1.165) is 0 Å². The van der Waals surface area contributed by atoms with E-state index in [9.17, 15) is 35.9 Å². The van der Waals surface area contributed by atoms with Gasteiger partial charge in [-0.1, -0.05) is 0 Å². The number of Topliss-reactive ketones (excluding diaryl/α,β-unsaturated/α-hetero) is 1. The Hall–Kier alpha value is -2.26. The molecule has 0 fully saturated rings. The summed E-state index contributed by atoms with van der Waals surface area (Å²) in [5.74, 6) is -3.42. The summed E-state index contributed by atoms with van der Waals surface area (Å²) in [5, 5.41) is 1.78. The molecule has 1 N–H and O–H groups in total. The number of hydrogen-bond acceptors (Lipinski definition) is 3. The summed E-state index contributed by atoms with van der Waals surface area (Å²) in [5.41, 5.74) is -1.75. The topological polar surface area (TPSA) is 55.4 Å². The maximum absolute atomic E-state index is 12.3. The molecule has 10 heteroatoms. The molecule has 1 amide bonds. The van der Waals surface area contributed by atoms with Crippen molar-refractivity contribution in [2.45, 2.75) is 12.5 Å². The van der Waals surface area contributed by atoms with Gasteiger partial charge in [-0.3, -0.25) is 9.59 Å². The Balaban J connectivity index is 3.25. The number of alkyl halides is 6. The minimum atomic E-state index is -5.31. The van der Waals surface area contributed by atoms with Gasteiger partial charge in [0.2, 0.25) is 6.41 Å². The molecule has 0 unspecified atom stereocenters. The van der Waals surface area contributed by atoms with E-state index in [2.05, 4.69) is 4.74 Å². The highest BCUT2D eigenvalue weighted by Gasteiger charge is 2.41. The van der Waals surface area contributed by atoms with Crippen LogP contribution in [0.5, 0.6) is 5.75 Å². The maximum atomic E-state index is 12.3. The number of carbonyl (C=O) groups is 2. The fourth-order valence-electron chi connectivity index (χ4n) is 1.25. The van der Waals surface area contributed by atoms with Crippen molar-refractivity contribution in [3.8, 4) is 5.75 Å². The van der Waals surface area contributed by atoms with Gasteiger partial charge >= 0.3 is 12.5 Å². The van der Waals surface area contributed by atoms with Crippen molar-refractivity contribution in [1.82, 2.24) is 0 Å². The first kappa shape index (κ1) is 15.8. The second-order valence-corrected chi connectivity index (χ2v) is 3.34. The predicted octanol–water partition coefficient (Wildman–Crippen LogP) is 2.90. The van der Waals surface area contributed by atoms with E-state index >= 15 is 0 Å². The van der Waals surface area contributed by atoms with E-state index in [1.807, 2.05) is 0 Å². The molecule has 0 bridgehead atoms. The minimum Gasteiger partial charge on any atom is -0.406 e. The summed E-state index contributed by atoms with van der Waals surface area (Å²) >= 11 is 0. The van der Waals surface area contributed by atoms with Crippen molar-refractivity contribution in [2.24, 2.45) is 0 Å². The highest BCUT2D eigenvalue weighted by Crippen LogP contribution is 2.31. The first-order chi connectivity index (χ1) is 9.04. The monoisotopic (exact) mass is 301 g/mol. The van der Waals surface area contributed by atoms with Crippen LogP contribution < -0.4 is 10.1 Å². The van der Waals surface area contributed by atoms with Crippen LogP contribution in [0.15, 0.2) is 18.2 Å². The smallest absolute Gasteiger partial charge is 0.406 e. The Morgan fingerprint density at radius 3 is 2.20 bits per heavy atom. The second-order valence-electron chi connectivity index (χ2n) is 3.34. The van der Waals surface area contributed by atoms with Gasteiger partial charge in [0.05, 0.1) is 11.3 Å². The molecular formula is C10H5F6NO3. The van der Waals surface area contributed by atoms with E-state index in [1.165, 1.54) is 0 Å². The van der Waals surface area contributed by atoms with E-state index < -0.39 is 35.3 Å². The molecule has 0 atom stereocenters. The van der Waals surface area contributed by atoms with Crippen LogP contribution in [-0.2, 0) is 4.79 Å². The molecular weight excluding hydrogens is 296 g/mol. The van der Waals surface area contributed by atoms with Crippen LogP contribution >= 0.6 is 0 Å². The highest BCUT2D eigenvalue weighted by molar-refractivity contribution is 6.06. The molecule has 1 aromatic carbocycles. The fraction of sp³-hybridized carbons (Fsp3) is 0.200.